The Hall–Kier alpha value is -3.18. The molecule has 0 bridgehead atoms. The van der Waals surface area contributed by atoms with Crippen LogP contribution in [-0.2, 0) is 15.1 Å². The molecule has 6 rings (SSSR count). The predicted octanol–water partition coefficient (Wildman–Crippen LogP) is 5.26. The van der Waals surface area contributed by atoms with Crippen LogP contribution in [0.25, 0.3) is 10.8 Å². The topological polar surface area (TPSA) is 47.9 Å². The van der Waals surface area contributed by atoms with Crippen molar-refractivity contribution in [2.75, 3.05) is 26.4 Å². The lowest BCUT2D eigenvalue weighted by Crippen LogP contribution is -2.32. The molecule has 1 saturated heterocycles. The highest BCUT2D eigenvalue weighted by Gasteiger charge is 2.42. The SMILES string of the molecule is C1COCCO1.OC1(c2cccc3ccccc23)c2ccccc2Oc2ccccc21. The Balaban J connectivity index is 0.000000296. The molecule has 0 aromatic heterocycles. The fourth-order valence-corrected chi connectivity index (χ4v) is 4.24. The maximum atomic E-state index is 12.1. The third kappa shape index (κ3) is 3.59. The van der Waals surface area contributed by atoms with Crippen LogP contribution in [0.15, 0.2) is 91.0 Å². The standard InChI is InChI=1S/C23H16O2.C4H8O2/c24-23(18-13-7-9-16-8-1-2-10-17(16)18)19-11-3-5-14-21(19)25-22-15-6-4-12-20(22)23;1-2-6-4-3-5-1/h1-15,24H;1-4H2. The molecule has 1 fully saturated rings. The van der Waals surface area contributed by atoms with Crippen molar-refractivity contribution >= 4 is 10.8 Å². The Labute approximate surface area is 181 Å². The summed E-state index contributed by atoms with van der Waals surface area (Å²) in [5.41, 5.74) is 1.15. The van der Waals surface area contributed by atoms with Gasteiger partial charge in [-0.2, -0.15) is 0 Å². The van der Waals surface area contributed by atoms with E-state index in [-0.39, 0.29) is 0 Å². The van der Waals surface area contributed by atoms with Gasteiger partial charge in [-0.25, -0.2) is 0 Å². The molecule has 31 heavy (non-hydrogen) atoms. The molecule has 0 spiro atoms. The van der Waals surface area contributed by atoms with Crippen LogP contribution in [0.5, 0.6) is 11.5 Å². The molecule has 4 nitrogen and oxygen atoms in total. The molecule has 0 aliphatic carbocycles. The Morgan fingerprint density at radius 1 is 0.548 bits per heavy atom. The van der Waals surface area contributed by atoms with Crippen LogP contribution in [0.1, 0.15) is 16.7 Å². The fraction of sp³-hybridized carbons (Fsp3) is 0.185. The minimum atomic E-state index is -1.26. The molecule has 4 aromatic carbocycles. The van der Waals surface area contributed by atoms with Gasteiger partial charge in [-0.05, 0) is 22.9 Å². The zero-order valence-corrected chi connectivity index (χ0v) is 17.2. The minimum absolute atomic E-state index is 0.691. The van der Waals surface area contributed by atoms with Crippen LogP contribution >= 0.6 is 0 Å². The monoisotopic (exact) mass is 412 g/mol. The van der Waals surface area contributed by atoms with E-state index in [1.807, 2.05) is 72.8 Å². The molecule has 4 heteroatoms. The summed E-state index contributed by atoms with van der Waals surface area (Å²) in [5.74, 6) is 1.38. The largest absolute Gasteiger partial charge is 0.457 e. The summed E-state index contributed by atoms with van der Waals surface area (Å²) < 4.78 is 15.9. The van der Waals surface area contributed by atoms with Crippen LogP contribution < -0.4 is 4.74 Å². The van der Waals surface area contributed by atoms with Crippen molar-refractivity contribution in [2.24, 2.45) is 0 Å². The Kier molecular flexibility index (Phi) is 5.43. The van der Waals surface area contributed by atoms with E-state index in [1.54, 1.807) is 0 Å². The first kappa shape index (κ1) is 19.8. The number of benzene rings is 4. The van der Waals surface area contributed by atoms with Crippen LogP contribution in [-0.4, -0.2) is 31.5 Å². The fourth-order valence-electron chi connectivity index (χ4n) is 4.24. The van der Waals surface area contributed by atoms with Crippen molar-refractivity contribution in [3.05, 3.63) is 108 Å². The third-order valence-corrected chi connectivity index (χ3v) is 5.70. The molecule has 156 valence electrons. The van der Waals surface area contributed by atoms with Crippen molar-refractivity contribution < 1.29 is 19.3 Å². The van der Waals surface area contributed by atoms with E-state index < -0.39 is 5.60 Å². The molecule has 2 aliphatic heterocycles. The molecule has 4 aromatic rings. The average Bonchev–Trinajstić information content (AvgIpc) is 2.85. The van der Waals surface area contributed by atoms with Gasteiger partial charge in [0, 0.05) is 16.7 Å². The second-order valence-electron chi connectivity index (χ2n) is 7.56. The Morgan fingerprint density at radius 3 is 1.65 bits per heavy atom. The summed E-state index contributed by atoms with van der Waals surface area (Å²) in [6.45, 7) is 3.11. The lowest BCUT2D eigenvalue weighted by Gasteiger charge is -2.37. The number of rotatable bonds is 1. The van der Waals surface area contributed by atoms with E-state index in [1.165, 1.54) is 0 Å². The molecule has 0 amide bonds. The van der Waals surface area contributed by atoms with Gasteiger partial charge in [-0.1, -0.05) is 78.9 Å². The Bertz CT molecular complexity index is 1130. The van der Waals surface area contributed by atoms with Crippen molar-refractivity contribution in [2.45, 2.75) is 5.60 Å². The predicted molar refractivity (Wildman–Crippen MR) is 121 cm³/mol. The summed E-state index contributed by atoms with van der Waals surface area (Å²) in [4.78, 5) is 0. The number of fused-ring (bicyclic) bond motifs is 3. The van der Waals surface area contributed by atoms with Gasteiger partial charge in [0.25, 0.3) is 0 Å². The van der Waals surface area contributed by atoms with Gasteiger partial charge in [0.05, 0.1) is 26.4 Å². The third-order valence-electron chi connectivity index (χ3n) is 5.70. The highest BCUT2D eigenvalue weighted by molar-refractivity contribution is 5.88. The van der Waals surface area contributed by atoms with E-state index in [4.69, 9.17) is 14.2 Å². The number of hydrogen-bond acceptors (Lipinski definition) is 4. The molecule has 0 saturated carbocycles. The number of para-hydroxylation sites is 2. The highest BCUT2D eigenvalue weighted by atomic mass is 16.6. The molecular formula is C27H24O4. The lowest BCUT2D eigenvalue weighted by atomic mass is 9.76. The van der Waals surface area contributed by atoms with Gasteiger partial charge in [0.1, 0.15) is 17.1 Å². The van der Waals surface area contributed by atoms with Gasteiger partial charge < -0.3 is 19.3 Å². The van der Waals surface area contributed by atoms with E-state index in [0.717, 1.165) is 53.9 Å². The first-order valence-corrected chi connectivity index (χ1v) is 10.5. The van der Waals surface area contributed by atoms with Gasteiger partial charge in [0.2, 0.25) is 0 Å². The summed E-state index contributed by atoms with van der Waals surface area (Å²) in [7, 11) is 0. The molecule has 0 atom stereocenters. The summed E-state index contributed by atoms with van der Waals surface area (Å²) in [6.07, 6.45) is 0. The number of aliphatic hydroxyl groups is 1. The van der Waals surface area contributed by atoms with Crippen LogP contribution in [0.4, 0.5) is 0 Å². The molecule has 1 N–H and O–H groups in total. The average molecular weight is 412 g/mol. The van der Waals surface area contributed by atoms with Crippen molar-refractivity contribution in [3.63, 3.8) is 0 Å². The normalized spacial score (nSPS) is 16.3. The van der Waals surface area contributed by atoms with Crippen molar-refractivity contribution in [3.8, 4) is 11.5 Å². The zero-order chi connectivity index (χ0) is 21.1. The second-order valence-corrected chi connectivity index (χ2v) is 7.56. The van der Waals surface area contributed by atoms with E-state index in [0.29, 0.717) is 11.5 Å². The van der Waals surface area contributed by atoms with Gasteiger partial charge in [-0.3, -0.25) is 0 Å². The quantitative estimate of drug-likeness (QED) is 0.463. The van der Waals surface area contributed by atoms with Gasteiger partial charge >= 0.3 is 0 Å². The summed E-state index contributed by atoms with van der Waals surface area (Å²) in [6, 6.07) is 29.6. The summed E-state index contributed by atoms with van der Waals surface area (Å²) in [5, 5.41) is 14.2. The maximum absolute atomic E-state index is 12.1. The molecule has 2 aliphatic rings. The zero-order valence-electron chi connectivity index (χ0n) is 17.2. The Morgan fingerprint density at radius 2 is 1.03 bits per heavy atom. The highest BCUT2D eigenvalue weighted by Crippen LogP contribution is 2.51. The number of ether oxygens (including phenoxy) is 3. The van der Waals surface area contributed by atoms with E-state index >= 15 is 0 Å². The van der Waals surface area contributed by atoms with Crippen molar-refractivity contribution in [1.82, 2.24) is 0 Å². The smallest absolute Gasteiger partial charge is 0.148 e. The first-order valence-electron chi connectivity index (χ1n) is 10.5. The van der Waals surface area contributed by atoms with Crippen LogP contribution in [0, 0.1) is 0 Å². The maximum Gasteiger partial charge on any atom is 0.148 e. The minimum Gasteiger partial charge on any atom is -0.457 e. The van der Waals surface area contributed by atoms with Crippen molar-refractivity contribution in [1.29, 1.82) is 0 Å². The van der Waals surface area contributed by atoms with Crippen LogP contribution in [0.2, 0.25) is 0 Å². The van der Waals surface area contributed by atoms with E-state index in [9.17, 15) is 5.11 Å². The second kappa shape index (κ2) is 8.52. The first-order chi connectivity index (χ1) is 15.3. The molecule has 0 unspecified atom stereocenters. The lowest BCUT2D eigenvalue weighted by molar-refractivity contribution is -0.0334. The van der Waals surface area contributed by atoms with E-state index in [2.05, 4.69) is 18.2 Å². The van der Waals surface area contributed by atoms with Crippen LogP contribution in [0.3, 0.4) is 0 Å². The molecule has 2 heterocycles. The summed E-state index contributed by atoms with van der Waals surface area (Å²) >= 11 is 0. The number of hydrogen-bond donors (Lipinski definition) is 1. The molecular weight excluding hydrogens is 388 g/mol. The van der Waals surface area contributed by atoms with Gasteiger partial charge in [-0.15, -0.1) is 0 Å². The van der Waals surface area contributed by atoms with Gasteiger partial charge in [0.15, 0.2) is 0 Å². The molecule has 0 radical (unpaired) electrons.